The van der Waals surface area contributed by atoms with Crippen LogP contribution in [0.3, 0.4) is 0 Å². The Kier molecular flexibility index (Phi) is 10.5. The zero-order chi connectivity index (χ0) is 28.9. The van der Waals surface area contributed by atoms with Crippen molar-refractivity contribution in [2.75, 3.05) is 17.4 Å². The monoisotopic (exact) mass is 629 g/mol. The first-order valence-corrected chi connectivity index (χ1v) is 14.9. The molecule has 0 aliphatic heterocycles. The fourth-order valence-corrected chi connectivity index (χ4v) is 6.24. The van der Waals surface area contributed by atoms with Crippen LogP contribution in [0.5, 0.6) is 0 Å². The van der Waals surface area contributed by atoms with Gasteiger partial charge in [0, 0.05) is 38.7 Å². The second-order valence-corrected chi connectivity index (χ2v) is 12.3. The van der Waals surface area contributed by atoms with Crippen LogP contribution in [0.4, 0.5) is 5.69 Å². The predicted molar refractivity (Wildman–Crippen MR) is 157 cm³/mol. The van der Waals surface area contributed by atoms with Crippen LogP contribution in [0.2, 0.25) is 20.1 Å². The number of hydrogen-bond donors (Lipinski definition) is 1. The summed E-state index contributed by atoms with van der Waals surface area (Å²) in [7, 11) is -4.26. The lowest BCUT2D eigenvalue weighted by molar-refractivity contribution is -0.139. The number of anilines is 1. The quantitative estimate of drug-likeness (QED) is 0.283. The number of nitrogens with zero attached hydrogens (tertiary/aromatic N) is 2. The van der Waals surface area contributed by atoms with Crippen molar-refractivity contribution < 1.29 is 18.0 Å². The molecule has 0 saturated heterocycles. The number of aryl methyl sites for hydroxylation is 1. The highest BCUT2D eigenvalue weighted by molar-refractivity contribution is 7.92. The number of halogens is 4. The van der Waals surface area contributed by atoms with Crippen LogP contribution in [-0.4, -0.2) is 44.3 Å². The Morgan fingerprint density at radius 2 is 1.49 bits per heavy atom. The van der Waals surface area contributed by atoms with E-state index in [2.05, 4.69) is 5.32 Å². The number of carbonyl (C=O) groups excluding carboxylic acids is 2. The topological polar surface area (TPSA) is 86.8 Å². The first-order valence-electron chi connectivity index (χ1n) is 11.9. The molecule has 3 aromatic carbocycles. The molecule has 0 aliphatic carbocycles. The maximum Gasteiger partial charge on any atom is 0.264 e. The first kappa shape index (κ1) is 31.0. The van der Waals surface area contributed by atoms with E-state index in [1.807, 2.05) is 6.92 Å². The fourth-order valence-electron chi connectivity index (χ4n) is 3.81. The van der Waals surface area contributed by atoms with Crippen LogP contribution in [0.1, 0.15) is 25.0 Å². The molecule has 2 amide bonds. The molecule has 0 spiro atoms. The van der Waals surface area contributed by atoms with Crippen LogP contribution in [0, 0.1) is 6.92 Å². The standard InChI is InChI=1S/C27H27Cl4N3O4S/c1-4-32-27(36)18(3)33(15-23-24(30)6-5-7-25(23)31)26(35)16-34(21-13-19(28)12-20(29)14-21)39(37,38)22-10-8-17(2)9-11-22/h5-14,18H,4,15-16H2,1-3H3,(H,32,36)/t18-/m0/s1. The number of benzene rings is 3. The highest BCUT2D eigenvalue weighted by atomic mass is 35.5. The summed E-state index contributed by atoms with van der Waals surface area (Å²) in [5, 5.41) is 3.66. The Bertz CT molecular complexity index is 1430. The van der Waals surface area contributed by atoms with Crippen molar-refractivity contribution in [1.29, 1.82) is 0 Å². The molecular formula is C27H27Cl4N3O4S. The molecule has 0 saturated carbocycles. The third-order valence-electron chi connectivity index (χ3n) is 5.93. The van der Waals surface area contributed by atoms with Gasteiger partial charge in [-0.2, -0.15) is 0 Å². The summed E-state index contributed by atoms with van der Waals surface area (Å²) in [6.45, 7) is 4.67. The summed E-state index contributed by atoms with van der Waals surface area (Å²) < 4.78 is 28.6. The van der Waals surface area contributed by atoms with E-state index in [9.17, 15) is 18.0 Å². The molecular weight excluding hydrogens is 604 g/mol. The van der Waals surface area contributed by atoms with Crippen LogP contribution in [0.25, 0.3) is 0 Å². The van der Waals surface area contributed by atoms with Crippen molar-refractivity contribution >= 4 is 73.9 Å². The van der Waals surface area contributed by atoms with Gasteiger partial charge in [-0.3, -0.25) is 13.9 Å². The van der Waals surface area contributed by atoms with Crippen molar-refractivity contribution in [3.05, 3.63) is 91.9 Å². The lowest BCUT2D eigenvalue weighted by atomic mass is 10.1. The lowest BCUT2D eigenvalue weighted by Crippen LogP contribution is -2.51. The van der Waals surface area contributed by atoms with Crippen LogP contribution in [0.15, 0.2) is 65.6 Å². The molecule has 0 unspecified atom stereocenters. The molecule has 0 radical (unpaired) electrons. The summed E-state index contributed by atoms with van der Waals surface area (Å²) in [5.41, 5.74) is 1.37. The number of amides is 2. The number of rotatable bonds is 10. The van der Waals surface area contributed by atoms with Gasteiger partial charge in [0.1, 0.15) is 12.6 Å². The minimum atomic E-state index is -4.26. The van der Waals surface area contributed by atoms with E-state index in [1.165, 1.54) is 35.2 Å². The highest BCUT2D eigenvalue weighted by Crippen LogP contribution is 2.31. The Labute approximate surface area is 248 Å². The highest BCUT2D eigenvalue weighted by Gasteiger charge is 2.33. The summed E-state index contributed by atoms with van der Waals surface area (Å²) in [5.74, 6) is -1.09. The van der Waals surface area contributed by atoms with E-state index in [1.54, 1.807) is 44.2 Å². The summed E-state index contributed by atoms with van der Waals surface area (Å²) in [6.07, 6.45) is 0. The van der Waals surface area contributed by atoms with Gasteiger partial charge in [-0.25, -0.2) is 8.42 Å². The molecule has 3 aromatic rings. The first-order chi connectivity index (χ1) is 18.3. The molecule has 0 aromatic heterocycles. The number of carbonyl (C=O) groups is 2. The lowest BCUT2D eigenvalue weighted by Gasteiger charge is -2.32. The normalized spacial score (nSPS) is 12.1. The van der Waals surface area contributed by atoms with Crippen molar-refractivity contribution in [3.63, 3.8) is 0 Å². The second kappa shape index (κ2) is 13.2. The Morgan fingerprint density at radius 1 is 0.923 bits per heavy atom. The molecule has 3 rings (SSSR count). The van der Waals surface area contributed by atoms with Gasteiger partial charge in [-0.05, 0) is 63.2 Å². The summed E-state index contributed by atoms with van der Waals surface area (Å²) >= 11 is 25.1. The van der Waals surface area contributed by atoms with Gasteiger partial charge in [-0.15, -0.1) is 0 Å². The SMILES string of the molecule is CCNC(=O)[C@H](C)N(Cc1c(Cl)cccc1Cl)C(=O)CN(c1cc(Cl)cc(Cl)c1)S(=O)(=O)c1ccc(C)cc1. The molecule has 1 N–H and O–H groups in total. The van der Waals surface area contributed by atoms with E-state index in [0.717, 1.165) is 9.87 Å². The Morgan fingerprint density at radius 3 is 2.03 bits per heavy atom. The van der Waals surface area contributed by atoms with Crippen LogP contribution in [-0.2, 0) is 26.2 Å². The minimum Gasteiger partial charge on any atom is -0.355 e. The zero-order valence-corrected chi connectivity index (χ0v) is 25.3. The molecule has 0 heterocycles. The number of likely N-dealkylation sites (N-methyl/N-ethyl adjacent to an activating group) is 1. The maximum atomic E-state index is 13.9. The fraction of sp³-hybridized carbons (Fsp3) is 0.259. The Hall–Kier alpha value is -2.49. The molecule has 7 nitrogen and oxygen atoms in total. The molecule has 0 fully saturated rings. The number of sulfonamides is 1. The largest absolute Gasteiger partial charge is 0.355 e. The van der Waals surface area contributed by atoms with Gasteiger partial charge in [0.2, 0.25) is 11.8 Å². The van der Waals surface area contributed by atoms with Crippen LogP contribution >= 0.6 is 46.4 Å². The minimum absolute atomic E-state index is 0.0329. The van der Waals surface area contributed by atoms with E-state index in [-0.39, 0.29) is 27.2 Å². The van der Waals surface area contributed by atoms with E-state index in [4.69, 9.17) is 46.4 Å². The average Bonchev–Trinajstić information content (AvgIpc) is 2.86. The number of hydrogen-bond acceptors (Lipinski definition) is 4. The maximum absolute atomic E-state index is 13.9. The van der Waals surface area contributed by atoms with E-state index >= 15 is 0 Å². The van der Waals surface area contributed by atoms with Gasteiger partial charge in [-0.1, -0.05) is 70.2 Å². The zero-order valence-electron chi connectivity index (χ0n) is 21.4. The van der Waals surface area contributed by atoms with Crippen molar-refractivity contribution in [2.24, 2.45) is 0 Å². The third-order valence-corrected chi connectivity index (χ3v) is 8.86. The smallest absolute Gasteiger partial charge is 0.264 e. The van der Waals surface area contributed by atoms with Gasteiger partial charge in [0.25, 0.3) is 10.0 Å². The molecule has 12 heteroatoms. The molecule has 1 atom stereocenters. The average molecular weight is 631 g/mol. The second-order valence-electron chi connectivity index (χ2n) is 8.74. The number of nitrogens with one attached hydrogen (secondary N) is 1. The van der Waals surface area contributed by atoms with Gasteiger partial charge >= 0.3 is 0 Å². The van der Waals surface area contributed by atoms with Crippen molar-refractivity contribution in [3.8, 4) is 0 Å². The van der Waals surface area contributed by atoms with E-state index < -0.39 is 34.4 Å². The third kappa shape index (κ3) is 7.58. The van der Waals surface area contributed by atoms with Gasteiger partial charge in [0.05, 0.1) is 10.6 Å². The van der Waals surface area contributed by atoms with Crippen molar-refractivity contribution in [2.45, 2.75) is 38.3 Å². The van der Waals surface area contributed by atoms with Gasteiger partial charge < -0.3 is 10.2 Å². The Balaban J connectivity index is 2.10. The molecule has 0 aliphatic rings. The molecule has 0 bridgehead atoms. The van der Waals surface area contributed by atoms with E-state index in [0.29, 0.717) is 22.2 Å². The van der Waals surface area contributed by atoms with Crippen LogP contribution < -0.4 is 9.62 Å². The molecule has 39 heavy (non-hydrogen) atoms. The summed E-state index contributed by atoms with van der Waals surface area (Å²) in [4.78, 5) is 27.9. The van der Waals surface area contributed by atoms with Crippen molar-refractivity contribution in [1.82, 2.24) is 10.2 Å². The van der Waals surface area contributed by atoms with Gasteiger partial charge in [0.15, 0.2) is 0 Å². The summed E-state index contributed by atoms with van der Waals surface area (Å²) in [6, 6.07) is 14.4. The predicted octanol–water partition coefficient (Wildman–Crippen LogP) is 6.36. The molecule has 208 valence electrons.